The Morgan fingerprint density at radius 1 is 1.07 bits per heavy atom. The topological polar surface area (TPSA) is 54.5 Å². The highest BCUT2D eigenvalue weighted by molar-refractivity contribution is 7.91. The van der Waals surface area contributed by atoms with Crippen molar-refractivity contribution in [1.29, 1.82) is 0 Å². The fourth-order valence-corrected chi connectivity index (χ4v) is 5.79. The van der Waals surface area contributed by atoms with Gasteiger partial charge in [-0.3, -0.25) is 4.79 Å². The summed E-state index contributed by atoms with van der Waals surface area (Å²) in [6.07, 6.45) is 1.38. The van der Waals surface area contributed by atoms with Crippen molar-refractivity contribution in [3.8, 4) is 0 Å². The summed E-state index contributed by atoms with van der Waals surface area (Å²) >= 11 is 0. The maximum absolute atomic E-state index is 13.1. The highest BCUT2D eigenvalue weighted by Gasteiger charge is 2.38. The molecule has 8 heteroatoms. The van der Waals surface area contributed by atoms with E-state index in [4.69, 9.17) is 0 Å². The van der Waals surface area contributed by atoms with E-state index in [0.717, 1.165) is 50.7 Å². The van der Waals surface area contributed by atoms with Gasteiger partial charge in [0.15, 0.2) is 9.84 Å². The quantitative estimate of drug-likeness (QED) is 0.768. The van der Waals surface area contributed by atoms with Crippen molar-refractivity contribution < 1.29 is 26.4 Å². The molecule has 1 heterocycles. The smallest absolute Gasteiger partial charge is 0.339 e. The van der Waals surface area contributed by atoms with Crippen LogP contribution in [0.3, 0.4) is 0 Å². The zero-order chi connectivity index (χ0) is 19.7. The third-order valence-corrected chi connectivity index (χ3v) is 7.04. The lowest BCUT2D eigenvalue weighted by Crippen LogP contribution is -2.51. The van der Waals surface area contributed by atoms with Crippen molar-refractivity contribution in [2.24, 2.45) is 5.92 Å². The lowest BCUT2D eigenvalue weighted by Gasteiger charge is -2.44. The Hall–Kier alpha value is -1.57. The van der Waals surface area contributed by atoms with Crippen LogP contribution in [0.1, 0.15) is 49.7 Å². The van der Waals surface area contributed by atoms with Crippen LogP contribution in [0.4, 0.5) is 13.2 Å². The molecule has 1 aromatic carbocycles. The molecular formula is C19H24F3NO3S. The maximum atomic E-state index is 13.1. The Morgan fingerprint density at radius 3 is 2.48 bits per heavy atom. The number of nitrogens with zero attached hydrogens (tertiary/aromatic N) is 1. The zero-order valence-corrected chi connectivity index (χ0v) is 15.9. The van der Waals surface area contributed by atoms with Gasteiger partial charge in [-0.05, 0) is 43.2 Å². The summed E-state index contributed by atoms with van der Waals surface area (Å²) in [6.45, 7) is 0.536. The Morgan fingerprint density at radius 2 is 1.74 bits per heavy atom. The lowest BCUT2D eigenvalue weighted by atomic mass is 9.78. The molecule has 1 aliphatic heterocycles. The first-order valence-corrected chi connectivity index (χ1v) is 11.1. The summed E-state index contributed by atoms with van der Waals surface area (Å²) in [6, 6.07) is 4.70. The summed E-state index contributed by atoms with van der Waals surface area (Å²) in [5, 5.41) is 0. The second-order valence-corrected chi connectivity index (χ2v) is 9.59. The molecular weight excluding hydrogens is 379 g/mol. The van der Waals surface area contributed by atoms with E-state index in [1.807, 2.05) is 0 Å². The van der Waals surface area contributed by atoms with E-state index in [1.54, 1.807) is 4.90 Å². The molecule has 4 nitrogen and oxygen atoms in total. The van der Waals surface area contributed by atoms with Gasteiger partial charge in [-0.15, -0.1) is 0 Å². The molecule has 2 unspecified atom stereocenters. The van der Waals surface area contributed by atoms with Crippen LogP contribution in [0.15, 0.2) is 24.3 Å². The predicted molar refractivity (Wildman–Crippen MR) is 95.6 cm³/mol. The highest BCUT2D eigenvalue weighted by Crippen LogP contribution is 2.36. The zero-order valence-electron chi connectivity index (χ0n) is 15.0. The van der Waals surface area contributed by atoms with Gasteiger partial charge in [0.2, 0.25) is 5.91 Å². The van der Waals surface area contributed by atoms with E-state index in [0.29, 0.717) is 12.5 Å². The van der Waals surface area contributed by atoms with Crippen LogP contribution in [0.5, 0.6) is 0 Å². The van der Waals surface area contributed by atoms with Gasteiger partial charge in [-0.2, -0.15) is 13.2 Å². The SMILES string of the molecule is O=C(CS(=O)(=O)Cc1ccccc1C(F)(F)F)N1CCCC2CCCCC21. The second kappa shape index (κ2) is 7.81. The van der Waals surface area contributed by atoms with Crippen molar-refractivity contribution in [2.75, 3.05) is 12.3 Å². The first-order chi connectivity index (χ1) is 12.7. The minimum atomic E-state index is -4.63. The molecule has 150 valence electrons. The van der Waals surface area contributed by atoms with Crippen molar-refractivity contribution in [2.45, 2.75) is 56.5 Å². The molecule has 2 aliphatic rings. The van der Waals surface area contributed by atoms with E-state index < -0.39 is 39.0 Å². The average Bonchev–Trinajstić information content (AvgIpc) is 2.60. The number of carbonyl (C=O) groups excluding carboxylic acids is 1. The molecule has 0 bridgehead atoms. The van der Waals surface area contributed by atoms with Crippen molar-refractivity contribution >= 4 is 15.7 Å². The molecule has 0 spiro atoms. The van der Waals surface area contributed by atoms with Gasteiger partial charge in [0, 0.05) is 12.6 Å². The Balaban J connectivity index is 1.72. The number of piperidine rings is 1. The van der Waals surface area contributed by atoms with E-state index in [-0.39, 0.29) is 11.6 Å². The molecule has 0 N–H and O–H groups in total. The molecule has 2 fully saturated rings. The van der Waals surface area contributed by atoms with E-state index >= 15 is 0 Å². The van der Waals surface area contributed by atoms with Crippen LogP contribution in [0.25, 0.3) is 0 Å². The van der Waals surface area contributed by atoms with Crippen LogP contribution < -0.4 is 0 Å². The lowest BCUT2D eigenvalue weighted by molar-refractivity contribution is -0.138. The molecule has 1 amide bonds. The first kappa shape index (κ1) is 20.2. The summed E-state index contributed by atoms with van der Waals surface area (Å²) in [5.41, 5.74) is -1.28. The summed E-state index contributed by atoms with van der Waals surface area (Å²) in [7, 11) is -4.00. The van der Waals surface area contributed by atoms with Gasteiger partial charge in [0.1, 0.15) is 5.75 Å². The van der Waals surface area contributed by atoms with Gasteiger partial charge in [0.05, 0.1) is 11.3 Å². The summed E-state index contributed by atoms with van der Waals surface area (Å²) < 4.78 is 64.2. The Labute approximate surface area is 157 Å². The van der Waals surface area contributed by atoms with E-state index in [2.05, 4.69) is 0 Å². The minimum absolute atomic E-state index is 0.0812. The largest absolute Gasteiger partial charge is 0.416 e. The van der Waals surface area contributed by atoms with Gasteiger partial charge in [-0.25, -0.2) is 8.42 Å². The average molecular weight is 403 g/mol. The third kappa shape index (κ3) is 4.83. The molecule has 1 saturated heterocycles. The standard InChI is InChI=1S/C19H24F3NO3S/c20-19(21,22)16-9-3-1-7-15(16)12-27(25,26)13-18(24)23-11-5-8-14-6-2-4-10-17(14)23/h1,3,7,9,14,17H,2,4-6,8,10-13H2. The Bertz CT molecular complexity index is 790. The van der Waals surface area contributed by atoms with E-state index in [1.165, 1.54) is 12.1 Å². The van der Waals surface area contributed by atoms with Gasteiger partial charge in [0.25, 0.3) is 0 Å². The number of amides is 1. The number of fused-ring (bicyclic) bond motifs is 1. The molecule has 1 aromatic rings. The molecule has 2 atom stereocenters. The second-order valence-electron chi connectivity index (χ2n) is 7.53. The van der Waals surface area contributed by atoms with Gasteiger partial charge < -0.3 is 4.90 Å². The third-order valence-electron chi connectivity index (χ3n) is 5.61. The monoisotopic (exact) mass is 403 g/mol. The number of hydrogen-bond donors (Lipinski definition) is 0. The number of sulfone groups is 1. The molecule has 1 aliphatic carbocycles. The first-order valence-electron chi connectivity index (χ1n) is 9.32. The molecule has 27 heavy (non-hydrogen) atoms. The van der Waals surface area contributed by atoms with Crippen LogP contribution in [0.2, 0.25) is 0 Å². The molecule has 1 saturated carbocycles. The van der Waals surface area contributed by atoms with Gasteiger partial charge >= 0.3 is 6.18 Å². The van der Waals surface area contributed by atoms with Crippen molar-refractivity contribution in [3.63, 3.8) is 0 Å². The van der Waals surface area contributed by atoms with Crippen LogP contribution in [0, 0.1) is 5.92 Å². The normalized spacial score (nSPS) is 23.7. The number of benzene rings is 1. The van der Waals surface area contributed by atoms with Gasteiger partial charge in [-0.1, -0.05) is 31.0 Å². The van der Waals surface area contributed by atoms with Crippen LogP contribution in [-0.2, 0) is 26.6 Å². The van der Waals surface area contributed by atoms with Crippen LogP contribution in [-0.4, -0.2) is 37.6 Å². The van der Waals surface area contributed by atoms with Crippen molar-refractivity contribution in [1.82, 2.24) is 4.90 Å². The summed E-state index contributed by atoms with van der Waals surface area (Å²) in [4.78, 5) is 14.3. The number of alkyl halides is 3. The molecule has 0 aromatic heterocycles. The van der Waals surface area contributed by atoms with Crippen LogP contribution >= 0.6 is 0 Å². The van der Waals surface area contributed by atoms with E-state index in [9.17, 15) is 26.4 Å². The number of likely N-dealkylation sites (tertiary alicyclic amines) is 1. The predicted octanol–water partition coefficient (Wildman–Crippen LogP) is 3.80. The molecule has 3 rings (SSSR count). The van der Waals surface area contributed by atoms with Crippen molar-refractivity contribution in [3.05, 3.63) is 35.4 Å². The number of hydrogen-bond acceptors (Lipinski definition) is 3. The fourth-order valence-electron chi connectivity index (χ4n) is 4.42. The fraction of sp³-hybridized carbons (Fsp3) is 0.632. The number of rotatable bonds is 4. The summed E-state index contributed by atoms with van der Waals surface area (Å²) in [5.74, 6) is -1.57. The number of halogens is 3. The Kier molecular flexibility index (Phi) is 5.84. The maximum Gasteiger partial charge on any atom is 0.416 e. The highest BCUT2D eigenvalue weighted by atomic mass is 32.2. The molecule has 0 radical (unpaired) electrons. The number of carbonyl (C=O) groups is 1. The minimum Gasteiger partial charge on any atom is -0.339 e.